The minimum Gasteiger partial charge on any atom is -0.383 e. The van der Waals surface area contributed by atoms with Crippen LogP contribution < -0.4 is 10.6 Å². The largest absolute Gasteiger partial charge is 0.383 e. The predicted octanol–water partition coefficient (Wildman–Crippen LogP) is 4.55. The van der Waals surface area contributed by atoms with Gasteiger partial charge in [-0.15, -0.1) is 11.3 Å². The van der Waals surface area contributed by atoms with Crippen molar-refractivity contribution in [1.29, 1.82) is 0 Å². The van der Waals surface area contributed by atoms with E-state index in [4.69, 9.17) is 16.3 Å². The third-order valence-corrected chi connectivity index (χ3v) is 5.51. The van der Waals surface area contributed by atoms with E-state index in [0.29, 0.717) is 28.9 Å². The number of urea groups is 1. The first-order valence-electron chi connectivity index (χ1n) is 9.72. The van der Waals surface area contributed by atoms with Crippen molar-refractivity contribution in [2.45, 2.75) is 13.1 Å². The summed E-state index contributed by atoms with van der Waals surface area (Å²) >= 11 is 7.17. The number of benzene rings is 2. The van der Waals surface area contributed by atoms with Crippen LogP contribution in [0.2, 0.25) is 5.02 Å². The summed E-state index contributed by atoms with van der Waals surface area (Å²) in [5.41, 5.74) is 1.65. The van der Waals surface area contributed by atoms with E-state index in [0.717, 1.165) is 5.56 Å². The minimum atomic E-state index is -0.342. The molecule has 0 radical (unpaired) electrons. The standard InChI is InChI=1S/C22H22ClFN4O3S/c1-31-11-10-28(22(30)26-18-8-4-16(23)5-9-18)13-20-27-19(14-32-20)21(29)25-12-15-2-6-17(24)7-3-15/h2-9,14H,10-13H2,1H3,(H,25,29)(H,26,30). The van der Waals surface area contributed by atoms with Crippen LogP contribution in [0.25, 0.3) is 0 Å². The molecule has 0 aliphatic carbocycles. The number of hydrogen-bond donors (Lipinski definition) is 2. The van der Waals surface area contributed by atoms with Gasteiger partial charge in [0.15, 0.2) is 0 Å². The molecular weight excluding hydrogens is 455 g/mol. The van der Waals surface area contributed by atoms with Crippen molar-refractivity contribution in [3.63, 3.8) is 0 Å². The molecule has 3 aromatic rings. The summed E-state index contributed by atoms with van der Waals surface area (Å²) in [6.07, 6.45) is 0. The van der Waals surface area contributed by atoms with Gasteiger partial charge in [-0.2, -0.15) is 0 Å². The number of nitrogens with zero attached hydrogens (tertiary/aromatic N) is 2. The molecule has 0 aliphatic heterocycles. The van der Waals surface area contributed by atoms with Crippen molar-refractivity contribution >= 4 is 40.6 Å². The average molecular weight is 477 g/mol. The van der Waals surface area contributed by atoms with E-state index in [1.165, 1.54) is 23.5 Å². The van der Waals surface area contributed by atoms with E-state index in [1.54, 1.807) is 53.8 Å². The molecule has 3 amide bonds. The summed E-state index contributed by atoms with van der Waals surface area (Å²) in [5.74, 6) is -0.673. The van der Waals surface area contributed by atoms with Crippen molar-refractivity contribution in [1.82, 2.24) is 15.2 Å². The molecule has 32 heavy (non-hydrogen) atoms. The quantitative estimate of drug-likeness (QED) is 0.474. The Morgan fingerprint density at radius 2 is 1.88 bits per heavy atom. The predicted molar refractivity (Wildman–Crippen MR) is 122 cm³/mol. The van der Waals surface area contributed by atoms with Gasteiger partial charge in [-0.3, -0.25) is 4.79 Å². The number of thiazole rings is 1. The lowest BCUT2D eigenvalue weighted by Crippen LogP contribution is -2.36. The first-order valence-corrected chi connectivity index (χ1v) is 11.0. The second-order valence-corrected chi connectivity index (χ2v) is 8.17. The fourth-order valence-electron chi connectivity index (χ4n) is 2.72. The maximum atomic E-state index is 13.0. The zero-order valence-electron chi connectivity index (χ0n) is 17.3. The summed E-state index contributed by atoms with van der Waals surface area (Å²) < 4.78 is 18.1. The number of carbonyl (C=O) groups is 2. The Labute approximate surface area is 194 Å². The SMILES string of the molecule is COCCN(Cc1nc(C(=O)NCc2ccc(F)cc2)cs1)C(=O)Nc1ccc(Cl)cc1. The van der Waals surface area contributed by atoms with Crippen molar-refractivity contribution < 1.29 is 18.7 Å². The molecule has 1 aromatic heterocycles. The second-order valence-electron chi connectivity index (χ2n) is 6.79. The molecular formula is C22H22ClFN4O3S. The third kappa shape index (κ3) is 7.01. The number of methoxy groups -OCH3 is 1. The molecule has 0 unspecified atom stereocenters. The van der Waals surface area contributed by atoms with Crippen molar-refractivity contribution in [3.05, 3.63) is 81.0 Å². The molecule has 168 valence electrons. The summed E-state index contributed by atoms with van der Waals surface area (Å²) in [6, 6.07) is 12.4. The molecule has 7 nitrogen and oxygen atoms in total. The lowest BCUT2D eigenvalue weighted by molar-refractivity contribution is 0.0946. The molecule has 10 heteroatoms. The Balaban J connectivity index is 1.60. The lowest BCUT2D eigenvalue weighted by Gasteiger charge is -2.21. The van der Waals surface area contributed by atoms with Gasteiger partial charge in [0.25, 0.3) is 5.91 Å². The monoisotopic (exact) mass is 476 g/mol. The van der Waals surface area contributed by atoms with Crippen LogP contribution in [0, 0.1) is 5.82 Å². The number of aromatic nitrogens is 1. The van der Waals surface area contributed by atoms with E-state index >= 15 is 0 Å². The number of nitrogens with one attached hydrogen (secondary N) is 2. The molecule has 1 heterocycles. The molecule has 0 bridgehead atoms. The zero-order valence-corrected chi connectivity index (χ0v) is 18.9. The molecule has 0 atom stereocenters. The molecule has 3 rings (SSSR count). The van der Waals surface area contributed by atoms with Gasteiger partial charge in [0.05, 0.1) is 13.2 Å². The highest BCUT2D eigenvalue weighted by molar-refractivity contribution is 7.09. The lowest BCUT2D eigenvalue weighted by atomic mass is 10.2. The highest BCUT2D eigenvalue weighted by atomic mass is 35.5. The van der Waals surface area contributed by atoms with Crippen molar-refractivity contribution in [2.75, 3.05) is 25.6 Å². The van der Waals surface area contributed by atoms with Crippen molar-refractivity contribution in [3.8, 4) is 0 Å². The summed E-state index contributed by atoms with van der Waals surface area (Å²) in [6.45, 7) is 1.18. The van der Waals surface area contributed by atoms with Crippen LogP contribution in [0.15, 0.2) is 53.9 Å². The zero-order chi connectivity index (χ0) is 22.9. The Hall–Kier alpha value is -3.01. The second kappa shape index (κ2) is 11.6. The van der Waals surface area contributed by atoms with Crippen LogP contribution in [0.4, 0.5) is 14.9 Å². The molecule has 0 spiro atoms. The fourth-order valence-corrected chi connectivity index (χ4v) is 3.63. The van der Waals surface area contributed by atoms with Crippen LogP contribution in [-0.4, -0.2) is 42.1 Å². The minimum absolute atomic E-state index is 0.221. The van der Waals surface area contributed by atoms with E-state index < -0.39 is 0 Å². The molecule has 0 saturated carbocycles. The molecule has 2 aromatic carbocycles. The number of anilines is 1. The van der Waals surface area contributed by atoms with Crippen molar-refractivity contribution in [2.24, 2.45) is 0 Å². The Bertz CT molecular complexity index is 1040. The van der Waals surface area contributed by atoms with Gasteiger partial charge in [-0.1, -0.05) is 23.7 Å². The van der Waals surface area contributed by atoms with Gasteiger partial charge in [0, 0.05) is 36.3 Å². The number of ether oxygens (including phenoxy) is 1. The fraction of sp³-hybridized carbons (Fsp3) is 0.227. The van der Waals surface area contributed by atoms with E-state index in [1.807, 2.05) is 0 Å². The van der Waals surface area contributed by atoms with Crippen LogP contribution in [0.3, 0.4) is 0 Å². The number of amides is 3. The molecule has 2 N–H and O–H groups in total. The van der Waals surface area contributed by atoms with E-state index in [2.05, 4.69) is 15.6 Å². The normalized spacial score (nSPS) is 10.6. The van der Waals surface area contributed by atoms with Crippen LogP contribution in [-0.2, 0) is 17.8 Å². The Morgan fingerprint density at radius 1 is 1.16 bits per heavy atom. The van der Waals surface area contributed by atoms with Crippen LogP contribution in [0.1, 0.15) is 21.1 Å². The maximum Gasteiger partial charge on any atom is 0.322 e. The van der Waals surface area contributed by atoms with Gasteiger partial charge in [0.1, 0.15) is 16.5 Å². The van der Waals surface area contributed by atoms with Gasteiger partial charge >= 0.3 is 6.03 Å². The topological polar surface area (TPSA) is 83.6 Å². The summed E-state index contributed by atoms with van der Waals surface area (Å²) in [4.78, 5) is 31.0. The maximum absolute atomic E-state index is 13.0. The Morgan fingerprint density at radius 3 is 2.56 bits per heavy atom. The summed E-state index contributed by atoms with van der Waals surface area (Å²) in [7, 11) is 1.56. The third-order valence-electron chi connectivity index (χ3n) is 4.42. The Kier molecular flexibility index (Phi) is 8.55. The highest BCUT2D eigenvalue weighted by Crippen LogP contribution is 2.16. The first kappa shape index (κ1) is 23.6. The first-order chi connectivity index (χ1) is 15.4. The van der Waals surface area contributed by atoms with E-state index in [9.17, 15) is 14.0 Å². The van der Waals surface area contributed by atoms with Gasteiger partial charge < -0.3 is 20.3 Å². The number of rotatable bonds is 9. The van der Waals surface area contributed by atoms with Crippen LogP contribution in [0.5, 0.6) is 0 Å². The van der Waals surface area contributed by atoms with E-state index in [-0.39, 0.29) is 36.5 Å². The van der Waals surface area contributed by atoms with Gasteiger partial charge in [-0.05, 0) is 42.0 Å². The summed E-state index contributed by atoms with van der Waals surface area (Å²) in [5, 5.41) is 8.40. The average Bonchev–Trinajstić information content (AvgIpc) is 3.26. The highest BCUT2D eigenvalue weighted by Gasteiger charge is 2.18. The smallest absolute Gasteiger partial charge is 0.322 e. The number of halogens is 2. The number of hydrogen-bond acceptors (Lipinski definition) is 5. The molecule has 0 saturated heterocycles. The van der Waals surface area contributed by atoms with Crippen LogP contribution >= 0.6 is 22.9 Å². The number of carbonyl (C=O) groups excluding carboxylic acids is 2. The molecule has 0 fully saturated rings. The van der Waals surface area contributed by atoms with Gasteiger partial charge in [0.2, 0.25) is 0 Å². The van der Waals surface area contributed by atoms with Gasteiger partial charge in [-0.25, -0.2) is 14.2 Å². The molecule has 0 aliphatic rings.